The van der Waals surface area contributed by atoms with Gasteiger partial charge < -0.3 is 0 Å². The molecule has 0 heterocycles. The van der Waals surface area contributed by atoms with E-state index in [9.17, 15) is 0 Å². The molecule has 0 aromatic heterocycles. The molecular weight excluding hydrogens is 144 g/mol. The fourth-order valence-electron chi connectivity index (χ4n) is 0.891. The Labute approximate surface area is 73.9 Å². The number of allylic oxidation sites excluding steroid dienone is 2. The largest absolute Gasteiger partial charge is 0.0937 e. The van der Waals surface area contributed by atoms with Gasteiger partial charge in [0.05, 0.1) is 0 Å². The zero-order valence-electron chi connectivity index (χ0n) is 7.25. The summed E-state index contributed by atoms with van der Waals surface area (Å²) in [5, 5.41) is 0. The van der Waals surface area contributed by atoms with Gasteiger partial charge in [0.15, 0.2) is 0 Å². The highest BCUT2D eigenvalue weighted by Crippen LogP contribution is 1.97. The molecule has 0 nitrogen and oxygen atoms in total. The Bertz CT molecular complexity index is 296. The van der Waals surface area contributed by atoms with Crippen LogP contribution in [0.5, 0.6) is 0 Å². The molecular formula is C12H12. The van der Waals surface area contributed by atoms with Crippen LogP contribution in [0.3, 0.4) is 0 Å². The molecule has 0 fully saturated rings. The second-order valence-corrected chi connectivity index (χ2v) is 2.48. The summed E-state index contributed by atoms with van der Waals surface area (Å²) >= 11 is 0. The molecule has 0 atom stereocenters. The molecule has 0 aliphatic heterocycles. The van der Waals surface area contributed by atoms with Gasteiger partial charge in [-0.3, -0.25) is 0 Å². The molecule has 1 aromatic carbocycles. The van der Waals surface area contributed by atoms with Crippen molar-refractivity contribution >= 4 is 0 Å². The van der Waals surface area contributed by atoms with Gasteiger partial charge in [-0.2, -0.15) is 0 Å². The van der Waals surface area contributed by atoms with E-state index in [-0.39, 0.29) is 0 Å². The normalized spacial score (nSPS) is 9.42. The summed E-state index contributed by atoms with van der Waals surface area (Å²) in [6.45, 7) is 1.97. The van der Waals surface area contributed by atoms with Gasteiger partial charge in [-0.1, -0.05) is 48.2 Å². The monoisotopic (exact) mass is 156 g/mol. The number of benzene rings is 1. The summed E-state index contributed by atoms with van der Waals surface area (Å²) in [4.78, 5) is 0. The summed E-state index contributed by atoms with van der Waals surface area (Å²) in [5.74, 6) is 6.02. The summed E-state index contributed by atoms with van der Waals surface area (Å²) in [6, 6.07) is 10.3. The van der Waals surface area contributed by atoms with Crippen LogP contribution in [0.2, 0.25) is 0 Å². The highest BCUT2D eigenvalue weighted by molar-refractivity contribution is 5.23. The van der Waals surface area contributed by atoms with E-state index in [0.29, 0.717) is 0 Å². The molecule has 0 saturated heterocycles. The maximum atomic E-state index is 3.07. The van der Waals surface area contributed by atoms with Crippen molar-refractivity contribution in [2.75, 3.05) is 0 Å². The minimum Gasteiger partial charge on any atom is -0.0937 e. The summed E-state index contributed by atoms with van der Waals surface area (Å²) in [5.41, 5.74) is 1.27. The van der Waals surface area contributed by atoms with Gasteiger partial charge in [0.1, 0.15) is 0 Å². The van der Waals surface area contributed by atoms with Crippen LogP contribution in [0.4, 0.5) is 0 Å². The zero-order chi connectivity index (χ0) is 8.65. The lowest BCUT2D eigenvalue weighted by molar-refractivity contribution is 1.32. The summed E-state index contributed by atoms with van der Waals surface area (Å²) < 4.78 is 0. The van der Waals surface area contributed by atoms with E-state index in [1.54, 1.807) is 0 Å². The Kier molecular flexibility index (Phi) is 3.74. The zero-order valence-corrected chi connectivity index (χ0v) is 7.25. The first-order valence-corrected chi connectivity index (χ1v) is 4.07. The van der Waals surface area contributed by atoms with Crippen LogP contribution >= 0.6 is 0 Å². The predicted octanol–water partition coefficient (Wildman–Crippen LogP) is 2.81. The van der Waals surface area contributed by atoms with E-state index in [1.807, 2.05) is 37.3 Å². The Hall–Kier alpha value is -1.48. The maximum absolute atomic E-state index is 3.07. The molecule has 0 aliphatic carbocycles. The second kappa shape index (κ2) is 5.21. The lowest BCUT2D eigenvalue weighted by Gasteiger charge is -1.90. The number of hydrogen-bond acceptors (Lipinski definition) is 0. The quantitative estimate of drug-likeness (QED) is 0.548. The van der Waals surface area contributed by atoms with Gasteiger partial charge in [-0.05, 0) is 18.6 Å². The first kappa shape index (κ1) is 8.62. The molecule has 0 spiro atoms. The second-order valence-electron chi connectivity index (χ2n) is 2.48. The van der Waals surface area contributed by atoms with Crippen molar-refractivity contribution in [3.8, 4) is 11.8 Å². The first-order chi connectivity index (χ1) is 5.93. The third-order valence-electron chi connectivity index (χ3n) is 1.49. The molecule has 1 aromatic rings. The molecule has 0 heteroatoms. The lowest BCUT2D eigenvalue weighted by Crippen LogP contribution is -1.77. The van der Waals surface area contributed by atoms with E-state index in [4.69, 9.17) is 0 Å². The first-order valence-electron chi connectivity index (χ1n) is 4.07. The van der Waals surface area contributed by atoms with Gasteiger partial charge in [0, 0.05) is 6.42 Å². The molecule has 12 heavy (non-hydrogen) atoms. The molecule has 0 saturated carbocycles. The molecule has 60 valence electrons. The lowest BCUT2D eigenvalue weighted by atomic mass is 10.2. The minimum atomic E-state index is 0.838. The van der Waals surface area contributed by atoms with Crippen molar-refractivity contribution in [1.82, 2.24) is 0 Å². The topological polar surface area (TPSA) is 0 Å². The van der Waals surface area contributed by atoms with Crippen LogP contribution in [0.1, 0.15) is 12.5 Å². The SMILES string of the molecule is C/C=C/C#CCc1ccccc1. The van der Waals surface area contributed by atoms with E-state index in [2.05, 4.69) is 24.0 Å². The smallest absolute Gasteiger partial charge is 0.0343 e. The van der Waals surface area contributed by atoms with Crippen LogP contribution in [0.25, 0.3) is 0 Å². The summed E-state index contributed by atoms with van der Waals surface area (Å²) in [6.07, 6.45) is 4.64. The van der Waals surface area contributed by atoms with E-state index in [1.165, 1.54) is 5.56 Å². The maximum Gasteiger partial charge on any atom is 0.0343 e. The molecule has 1 rings (SSSR count). The average molecular weight is 156 g/mol. The minimum absolute atomic E-state index is 0.838. The van der Waals surface area contributed by atoms with Crippen LogP contribution in [0, 0.1) is 11.8 Å². The van der Waals surface area contributed by atoms with Crippen molar-refractivity contribution in [2.45, 2.75) is 13.3 Å². The van der Waals surface area contributed by atoms with Crippen molar-refractivity contribution in [1.29, 1.82) is 0 Å². The van der Waals surface area contributed by atoms with Crippen molar-refractivity contribution < 1.29 is 0 Å². The van der Waals surface area contributed by atoms with E-state index < -0.39 is 0 Å². The van der Waals surface area contributed by atoms with E-state index in [0.717, 1.165) is 6.42 Å². The fraction of sp³-hybridized carbons (Fsp3) is 0.167. The Morgan fingerprint density at radius 3 is 2.67 bits per heavy atom. The molecule has 0 radical (unpaired) electrons. The molecule has 0 unspecified atom stereocenters. The van der Waals surface area contributed by atoms with Crippen LogP contribution < -0.4 is 0 Å². The molecule has 0 N–H and O–H groups in total. The third kappa shape index (κ3) is 3.07. The van der Waals surface area contributed by atoms with E-state index >= 15 is 0 Å². The number of hydrogen-bond donors (Lipinski definition) is 0. The van der Waals surface area contributed by atoms with Gasteiger partial charge in [0.2, 0.25) is 0 Å². The third-order valence-corrected chi connectivity index (χ3v) is 1.49. The van der Waals surface area contributed by atoms with Crippen molar-refractivity contribution in [3.05, 3.63) is 48.0 Å². The summed E-state index contributed by atoms with van der Waals surface area (Å²) in [7, 11) is 0. The molecule has 0 amide bonds. The van der Waals surface area contributed by atoms with Gasteiger partial charge in [-0.25, -0.2) is 0 Å². The van der Waals surface area contributed by atoms with Gasteiger partial charge in [0.25, 0.3) is 0 Å². The van der Waals surface area contributed by atoms with Crippen molar-refractivity contribution in [3.63, 3.8) is 0 Å². The molecule has 0 aliphatic rings. The number of rotatable bonds is 1. The standard InChI is InChI=1S/C12H12/c1-2-3-4-6-9-12-10-7-5-8-11-12/h2-3,5,7-8,10-11H,9H2,1H3/b3-2+. The fourth-order valence-corrected chi connectivity index (χ4v) is 0.891. The molecule has 0 bridgehead atoms. The Morgan fingerprint density at radius 2 is 2.00 bits per heavy atom. The highest BCUT2D eigenvalue weighted by Gasteiger charge is 1.83. The highest BCUT2D eigenvalue weighted by atomic mass is 13.9. The van der Waals surface area contributed by atoms with Crippen LogP contribution in [0.15, 0.2) is 42.5 Å². The van der Waals surface area contributed by atoms with Crippen LogP contribution in [-0.2, 0) is 6.42 Å². The predicted molar refractivity (Wildman–Crippen MR) is 52.7 cm³/mol. The Balaban J connectivity index is 2.50. The average Bonchev–Trinajstić information content (AvgIpc) is 2.14. The van der Waals surface area contributed by atoms with Gasteiger partial charge >= 0.3 is 0 Å². The Morgan fingerprint density at radius 1 is 1.25 bits per heavy atom. The van der Waals surface area contributed by atoms with Gasteiger partial charge in [-0.15, -0.1) is 0 Å². The van der Waals surface area contributed by atoms with Crippen molar-refractivity contribution in [2.24, 2.45) is 0 Å². The van der Waals surface area contributed by atoms with Crippen LogP contribution in [-0.4, -0.2) is 0 Å².